The third-order valence-electron chi connectivity index (χ3n) is 2.39. The maximum atomic E-state index is 12.7. The second-order valence-electron chi connectivity index (χ2n) is 3.88. The Bertz CT molecular complexity index is 331. The number of rotatable bonds is 5. The monoisotopic (exact) mass is 249 g/mol. The van der Waals surface area contributed by atoms with Crippen molar-refractivity contribution in [3.05, 3.63) is 35.6 Å². The van der Waals surface area contributed by atoms with E-state index < -0.39 is 18.0 Å². The van der Waals surface area contributed by atoms with Crippen molar-refractivity contribution in [1.29, 1.82) is 0 Å². The molecule has 1 aromatic carbocycles. The van der Waals surface area contributed by atoms with Gasteiger partial charge in [0.15, 0.2) is 0 Å². The lowest BCUT2D eigenvalue weighted by Gasteiger charge is -2.21. The summed E-state index contributed by atoms with van der Waals surface area (Å²) < 4.78 is 50.6. The zero-order valence-electron chi connectivity index (χ0n) is 9.52. The summed E-state index contributed by atoms with van der Waals surface area (Å²) in [6.07, 6.45) is -3.83. The highest BCUT2D eigenvalue weighted by Gasteiger charge is 2.38. The van der Waals surface area contributed by atoms with E-state index in [1.807, 2.05) is 0 Å². The molecule has 0 fully saturated rings. The fourth-order valence-corrected chi connectivity index (χ4v) is 1.48. The first-order valence-electron chi connectivity index (χ1n) is 5.48. The SMILES string of the molecule is CCCNC(Cc1ccc(F)cc1)C(F)(F)F. The minimum atomic E-state index is -4.29. The van der Waals surface area contributed by atoms with Gasteiger partial charge in [-0.1, -0.05) is 19.1 Å². The minimum Gasteiger partial charge on any atom is -0.306 e. The van der Waals surface area contributed by atoms with Gasteiger partial charge in [0.1, 0.15) is 11.9 Å². The summed E-state index contributed by atoms with van der Waals surface area (Å²) in [5, 5.41) is 2.45. The lowest BCUT2D eigenvalue weighted by atomic mass is 10.1. The minimum absolute atomic E-state index is 0.177. The summed E-state index contributed by atoms with van der Waals surface area (Å²) in [7, 11) is 0. The summed E-state index contributed by atoms with van der Waals surface area (Å²) in [5.41, 5.74) is 0.470. The highest BCUT2D eigenvalue weighted by atomic mass is 19.4. The fourth-order valence-electron chi connectivity index (χ4n) is 1.48. The molecule has 1 nitrogen and oxygen atoms in total. The summed E-state index contributed by atoms with van der Waals surface area (Å²) in [4.78, 5) is 0. The molecular weight excluding hydrogens is 234 g/mol. The molecule has 1 rings (SSSR count). The molecule has 0 heterocycles. The molecule has 0 aromatic heterocycles. The van der Waals surface area contributed by atoms with E-state index in [1.54, 1.807) is 6.92 Å². The maximum Gasteiger partial charge on any atom is 0.404 e. The molecule has 0 saturated carbocycles. The Kier molecular flexibility index (Phi) is 4.93. The highest BCUT2D eigenvalue weighted by molar-refractivity contribution is 5.17. The zero-order chi connectivity index (χ0) is 12.9. The van der Waals surface area contributed by atoms with Gasteiger partial charge in [0, 0.05) is 0 Å². The number of nitrogens with one attached hydrogen (secondary N) is 1. The van der Waals surface area contributed by atoms with Crippen LogP contribution in [0.4, 0.5) is 17.6 Å². The van der Waals surface area contributed by atoms with Crippen LogP contribution in [0.1, 0.15) is 18.9 Å². The average molecular weight is 249 g/mol. The molecule has 0 aliphatic carbocycles. The van der Waals surface area contributed by atoms with Gasteiger partial charge in [-0.3, -0.25) is 0 Å². The third-order valence-corrected chi connectivity index (χ3v) is 2.39. The molecule has 1 unspecified atom stereocenters. The van der Waals surface area contributed by atoms with E-state index in [9.17, 15) is 17.6 Å². The van der Waals surface area contributed by atoms with Gasteiger partial charge in [0.05, 0.1) is 0 Å². The van der Waals surface area contributed by atoms with Crippen LogP contribution < -0.4 is 5.32 Å². The first-order chi connectivity index (χ1) is 7.93. The van der Waals surface area contributed by atoms with Gasteiger partial charge in [-0.05, 0) is 37.1 Å². The summed E-state index contributed by atoms with van der Waals surface area (Å²) in [6.45, 7) is 2.11. The Labute approximate surface area is 97.8 Å². The van der Waals surface area contributed by atoms with E-state index in [-0.39, 0.29) is 6.42 Å². The second-order valence-corrected chi connectivity index (χ2v) is 3.88. The molecule has 1 aromatic rings. The standard InChI is InChI=1S/C12H15F4N/c1-2-7-17-11(12(14,15)16)8-9-3-5-10(13)6-4-9/h3-6,11,17H,2,7-8H2,1H3. The second kappa shape index (κ2) is 6.00. The van der Waals surface area contributed by atoms with Crippen LogP contribution in [0.25, 0.3) is 0 Å². The molecule has 5 heteroatoms. The zero-order valence-corrected chi connectivity index (χ0v) is 9.52. The maximum absolute atomic E-state index is 12.7. The van der Waals surface area contributed by atoms with Gasteiger partial charge in [0.25, 0.3) is 0 Å². The van der Waals surface area contributed by atoms with Gasteiger partial charge in [-0.2, -0.15) is 13.2 Å². The van der Waals surface area contributed by atoms with Gasteiger partial charge in [-0.15, -0.1) is 0 Å². The summed E-state index contributed by atoms with van der Waals surface area (Å²) in [5.74, 6) is -0.446. The van der Waals surface area contributed by atoms with Gasteiger partial charge >= 0.3 is 6.18 Å². The Balaban J connectivity index is 2.68. The van der Waals surface area contributed by atoms with Gasteiger partial charge < -0.3 is 5.32 Å². The van der Waals surface area contributed by atoms with Gasteiger partial charge in [-0.25, -0.2) is 4.39 Å². The lowest BCUT2D eigenvalue weighted by Crippen LogP contribution is -2.44. The van der Waals surface area contributed by atoms with Crippen LogP contribution >= 0.6 is 0 Å². The predicted octanol–water partition coefficient (Wildman–Crippen LogP) is 3.30. The number of benzene rings is 1. The number of hydrogen-bond acceptors (Lipinski definition) is 1. The summed E-state index contributed by atoms with van der Waals surface area (Å²) >= 11 is 0. The smallest absolute Gasteiger partial charge is 0.306 e. The normalized spacial score (nSPS) is 13.7. The molecule has 17 heavy (non-hydrogen) atoms. The first-order valence-corrected chi connectivity index (χ1v) is 5.48. The molecule has 0 spiro atoms. The van der Waals surface area contributed by atoms with E-state index in [4.69, 9.17) is 0 Å². The van der Waals surface area contributed by atoms with Crippen molar-refractivity contribution in [1.82, 2.24) is 5.32 Å². The molecule has 96 valence electrons. The summed E-state index contributed by atoms with van der Waals surface area (Å²) in [6, 6.07) is 3.52. The van der Waals surface area contributed by atoms with Crippen LogP contribution in [0, 0.1) is 5.82 Å². The van der Waals surface area contributed by atoms with Gasteiger partial charge in [0.2, 0.25) is 0 Å². The molecule has 0 amide bonds. The fraction of sp³-hybridized carbons (Fsp3) is 0.500. The predicted molar refractivity (Wildman–Crippen MR) is 58.2 cm³/mol. The highest BCUT2D eigenvalue weighted by Crippen LogP contribution is 2.23. The van der Waals surface area contributed by atoms with E-state index >= 15 is 0 Å². The van der Waals surface area contributed by atoms with E-state index in [0.717, 1.165) is 0 Å². The molecule has 1 atom stereocenters. The molecule has 0 aliphatic heterocycles. The topological polar surface area (TPSA) is 12.0 Å². The largest absolute Gasteiger partial charge is 0.404 e. The van der Waals surface area contributed by atoms with Crippen molar-refractivity contribution >= 4 is 0 Å². The Morgan fingerprint density at radius 2 is 1.76 bits per heavy atom. The molecule has 0 aliphatic rings. The quantitative estimate of drug-likeness (QED) is 0.789. The molecular formula is C12H15F4N. The van der Waals surface area contributed by atoms with Crippen LogP contribution in [0.2, 0.25) is 0 Å². The molecule has 0 radical (unpaired) electrons. The van der Waals surface area contributed by atoms with Crippen LogP contribution in [0.15, 0.2) is 24.3 Å². The van der Waals surface area contributed by atoms with Crippen LogP contribution in [0.3, 0.4) is 0 Å². The van der Waals surface area contributed by atoms with E-state index in [2.05, 4.69) is 5.32 Å². The van der Waals surface area contributed by atoms with E-state index in [0.29, 0.717) is 18.5 Å². The van der Waals surface area contributed by atoms with Crippen molar-refractivity contribution in [2.75, 3.05) is 6.54 Å². The van der Waals surface area contributed by atoms with Crippen LogP contribution in [0.5, 0.6) is 0 Å². The molecule has 0 saturated heterocycles. The van der Waals surface area contributed by atoms with Crippen LogP contribution in [-0.2, 0) is 6.42 Å². The van der Waals surface area contributed by atoms with Crippen LogP contribution in [-0.4, -0.2) is 18.8 Å². The van der Waals surface area contributed by atoms with Crippen molar-refractivity contribution in [2.45, 2.75) is 32.0 Å². The first kappa shape index (κ1) is 14.0. The van der Waals surface area contributed by atoms with Crippen molar-refractivity contribution in [2.24, 2.45) is 0 Å². The third kappa shape index (κ3) is 4.73. The lowest BCUT2D eigenvalue weighted by molar-refractivity contribution is -0.155. The number of hydrogen-bond donors (Lipinski definition) is 1. The Hall–Kier alpha value is -1.10. The Morgan fingerprint density at radius 3 is 2.24 bits per heavy atom. The van der Waals surface area contributed by atoms with Crippen molar-refractivity contribution in [3.8, 4) is 0 Å². The van der Waals surface area contributed by atoms with Crippen molar-refractivity contribution < 1.29 is 17.6 Å². The number of alkyl halides is 3. The van der Waals surface area contributed by atoms with E-state index in [1.165, 1.54) is 24.3 Å². The number of halogens is 4. The molecule has 1 N–H and O–H groups in total. The molecule has 0 bridgehead atoms. The van der Waals surface area contributed by atoms with Crippen molar-refractivity contribution in [3.63, 3.8) is 0 Å². The average Bonchev–Trinajstić information content (AvgIpc) is 2.25. The Morgan fingerprint density at radius 1 is 1.18 bits per heavy atom.